The normalized spacial score (nSPS) is 10.8. The topological polar surface area (TPSA) is 26.3 Å². The Morgan fingerprint density at radius 2 is 1.06 bits per heavy atom. The van der Waals surface area contributed by atoms with Gasteiger partial charge in [0.1, 0.15) is 23.0 Å². The van der Waals surface area contributed by atoms with Crippen LogP contribution in [0.2, 0.25) is 0 Å². The summed E-state index contributed by atoms with van der Waals surface area (Å²) < 4.78 is 11.4. The third kappa shape index (κ3) is 1.86. The Morgan fingerprint density at radius 1 is 0.611 bits per heavy atom. The lowest BCUT2D eigenvalue weighted by Gasteiger charge is -2.04. The van der Waals surface area contributed by atoms with Gasteiger partial charge in [-0.2, -0.15) is 0 Å². The average molecular weight is 238 g/mol. The van der Waals surface area contributed by atoms with E-state index in [1.54, 1.807) is 0 Å². The fourth-order valence-corrected chi connectivity index (χ4v) is 2.07. The van der Waals surface area contributed by atoms with Crippen molar-refractivity contribution in [1.29, 1.82) is 0 Å². The number of furan rings is 2. The van der Waals surface area contributed by atoms with Crippen molar-refractivity contribution in [2.45, 2.75) is 13.8 Å². The van der Waals surface area contributed by atoms with Gasteiger partial charge in [0.15, 0.2) is 0 Å². The van der Waals surface area contributed by atoms with Crippen molar-refractivity contribution in [3.63, 3.8) is 0 Å². The molecule has 0 fully saturated rings. The predicted octanol–water partition coefficient (Wildman–Crippen LogP) is 4.82. The Balaban J connectivity index is 2.16. The summed E-state index contributed by atoms with van der Waals surface area (Å²) in [5.41, 5.74) is 2.11. The van der Waals surface area contributed by atoms with E-state index in [-0.39, 0.29) is 0 Å². The first-order valence-corrected chi connectivity index (χ1v) is 5.97. The summed E-state index contributed by atoms with van der Waals surface area (Å²) in [4.78, 5) is 0. The van der Waals surface area contributed by atoms with Gasteiger partial charge in [-0.25, -0.2) is 0 Å². The molecule has 18 heavy (non-hydrogen) atoms. The van der Waals surface area contributed by atoms with Crippen LogP contribution in [0.25, 0.3) is 22.6 Å². The summed E-state index contributed by atoms with van der Waals surface area (Å²) in [7, 11) is 0. The third-order valence-corrected chi connectivity index (χ3v) is 2.94. The lowest BCUT2D eigenvalue weighted by Crippen LogP contribution is -1.80. The highest BCUT2D eigenvalue weighted by Crippen LogP contribution is 2.33. The second-order valence-corrected chi connectivity index (χ2v) is 4.37. The monoisotopic (exact) mass is 238 g/mol. The van der Waals surface area contributed by atoms with Crippen LogP contribution < -0.4 is 0 Å². The van der Waals surface area contributed by atoms with Gasteiger partial charge in [-0.15, -0.1) is 0 Å². The molecule has 0 bridgehead atoms. The van der Waals surface area contributed by atoms with E-state index in [4.69, 9.17) is 8.83 Å². The quantitative estimate of drug-likeness (QED) is 0.639. The molecule has 0 aliphatic rings. The molecule has 3 rings (SSSR count). The number of benzene rings is 1. The molecule has 2 aromatic heterocycles. The van der Waals surface area contributed by atoms with E-state index in [1.807, 2.05) is 62.4 Å². The van der Waals surface area contributed by atoms with Crippen molar-refractivity contribution in [3.05, 3.63) is 60.1 Å². The molecular formula is C16H14O2. The van der Waals surface area contributed by atoms with Gasteiger partial charge in [-0.3, -0.25) is 0 Å². The van der Waals surface area contributed by atoms with Crippen LogP contribution in [0.5, 0.6) is 0 Å². The highest BCUT2D eigenvalue weighted by Gasteiger charge is 2.12. The number of rotatable bonds is 2. The van der Waals surface area contributed by atoms with Gasteiger partial charge in [0.2, 0.25) is 0 Å². The standard InChI is InChI=1S/C16H14O2/c1-11-7-9-15(17-11)13-5-3-4-6-14(13)16-10-8-12(2)18-16/h3-10H,1-2H3. The average Bonchev–Trinajstić information content (AvgIpc) is 2.98. The molecular weight excluding hydrogens is 224 g/mol. The van der Waals surface area contributed by atoms with E-state index >= 15 is 0 Å². The molecule has 0 saturated heterocycles. The fraction of sp³-hybridized carbons (Fsp3) is 0.125. The summed E-state index contributed by atoms with van der Waals surface area (Å²) in [6.45, 7) is 3.90. The van der Waals surface area contributed by atoms with Gasteiger partial charge < -0.3 is 8.83 Å². The second-order valence-electron chi connectivity index (χ2n) is 4.37. The first-order chi connectivity index (χ1) is 8.74. The van der Waals surface area contributed by atoms with Crippen molar-refractivity contribution >= 4 is 0 Å². The molecule has 3 aromatic rings. The molecule has 1 aromatic carbocycles. The minimum Gasteiger partial charge on any atom is -0.461 e. The maximum Gasteiger partial charge on any atom is 0.134 e. The molecule has 2 nitrogen and oxygen atoms in total. The van der Waals surface area contributed by atoms with Crippen LogP contribution >= 0.6 is 0 Å². The first kappa shape index (κ1) is 10.9. The molecule has 0 N–H and O–H groups in total. The van der Waals surface area contributed by atoms with Gasteiger partial charge in [-0.05, 0) is 38.1 Å². The summed E-state index contributed by atoms with van der Waals surface area (Å²) >= 11 is 0. The van der Waals surface area contributed by atoms with Crippen LogP contribution in [-0.2, 0) is 0 Å². The summed E-state index contributed by atoms with van der Waals surface area (Å²) in [5.74, 6) is 3.57. The van der Waals surface area contributed by atoms with Crippen molar-refractivity contribution in [2.24, 2.45) is 0 Å². The Kier molecular flexibility index (Phi) is 2.56. The predicted molar refractivity (Wildman–Crippen MR) is 71.3 cm³/mol. The van der Waals surface area contributed by atoms with Crippen molar-refractivity contribution < 1.29 is 8.83 Å². The Bertz CT molecular complexity index is 614. The van der Waals surface area contributed by atoms with Gasteiger partial charge >= 0.3 is 0 Å². The van der Waals surface area contributed by atoms with Crippen LogP contribution in [-0.4, -0.2) is 0 Å². The molecule has 0 saturated carbocycles. The van der Waals surface area contributed by atoms with E-state index < -0.39 is 0 Å². The molecule has 2 heteroatoms. The molecule has 0 spiro atoms. The summed E-state index contributed by atoms with van der Waals surface area (Å²) in [5, 5.41) is 0. The molecule has 90 valence electrons. The number of hydrogen-bond donors (Lipinski definition) is 0. The lowest BCUT2D eigenvalue weighted by atomic mass is 10.0. The van der Waals surface area contributed by atoms with Gasteiger partial charge in [0.05, 0.1) is 0 Å². The van der Waals surface area contributed by atoms with Crippen LogP contribution in [0, 0.1) is 13.8 Å². The molecule has 2 heterocycles. The zero-order chi connectivity index (χ0) is 12.5. The Hall–Kier alpha value is -2.22. The first-order valence-electron chi connectivity index (χ1n) is 5.97. The lowest BCUT2D eigenvalue weighted by molar-refractivity contribution is 0.542. The van der Waals surface area contributed by atoms with Crippen molar-refractivity contribution in [1.82, 2.24) is 0 Å². The van der Waals surface area contributed by atoms with Crippen LogP contribution in [0.4, 0.5) is 0 Å². The van der Waals surface area contributed by atoms with E-state index in [1.165, 1.54) is 0 Å². The highest BCUT2D eigenvalue weighted by molar-refractivity contribution is 5.78. The Morgan fingerprint density at radius 3 is 1.39 bits per heavy atom. The smallest absolute Gasteiger partial charge is 0.134 e. The van der Waals surface area contributed by atoms with Gasteiger partial charge in [0.25, 0.3) is 0 Å². The SMILES string of the molecule is Cc1ccc(-c2ccccc2-c2ccc(C)o2)o1. The molecule has 0 aliphatic carbocycles. The van der Waals surface area contributed by atoms with E-state index in [9.17, 15) is 0 Å². The van der Waals surface area contributed by atoms with Crippen molar-refractivity contribution in [3.8, 4) is 22.6 Å². The zero-order valence-electron chi connectivity index (χ0n) is 10.4. The van der Waals surface area contributed by atoms with E-state index in [2.05, 4.69) is 0 Å². The van der Waals surface area contributed by atoms with Gasteiger partial charge in [-0.1, -0.05) is 24.3 Å². The summed E-state index contributed by atoms with van der Waals surface area (Å²) in [6.07, 6.45) is 0. The fourth-order valence-electron chi connectivity index (χ4n) is 2.07. The second kappa shape index (κ2) is 4.22. The molecule has 0 amide bonds. The van der Waals surface area contributed by atoms with E-state index in [0.717, 1.165) is 34.2 Å². The molecule has 0 atom stereocenters. The van der Waals surface area contributed by atoms with Crippen LogP contribution in [0.15, 0.2) is 57.4 Å². The molecule has 0 unspecified atom stereocenters. The third-order valence-electron chi connectivity index (χ3n) is 2.94. The molecule has 0 aliphatic heterocycles. The molecule has 0 radical (unpaired) electrons. The van der Waals surface area contributed by atoms with E-state index in [0.29, 0.717) is 0 Å². The Labute approximate surface area is 106 Å². The number of hydrogen-bond acceptors (Lipinski definition) is 2. The maximum atomic E-state index is 5.70. The highest BCUT2D eigenvalue weighted by atomic mass is 16.3. The summed E-state index contributed by atoms with van der Waals surface area (Å²) in [6, 6.07) is 16.0. The minimum atomic E-state index is 0.872. The van der Waals surface area contributed by atoms with Crippen LogP contribution in [0.1, 0.15) is 11.5 Å². The van der Waals surface area contributed by atoms with Gasteiger partial charge in [0, 0.05) is 11.1 Å². The minimum absolute atomic E-state index is 0.872. The van der Waals surface area contributed by atoms with Crippen LogP contribution in [0.3, 0.4) is 0 Å². The zero-order valence-corrected chi connectivity index (χ0v) is 10.4. The number of aryl methyl sites for hydroxylation is 2. The largest absolute Gasteiger partial charge is 0.461 e. The van der Waals surface area contributed by atoms with Crippen molar-refractivity contribution in [2.75, 3.05) is 0 Å². The maximum absolute atomic E-state index is 5.70.